The molecule has 1 N–H and O–H groups in total. The Morgan fingerprint density at radius 3 is 2.50 bits per heavy atom. The molecule has 1 amide bonds. The summed E-state index contributed by atoms with van der Waals surface area (Å²) in [6.07, 6.45) is -2.06. The van der Waals surface area contributed by atoms with Gasteiger partial charge in [-0.2, -0.15) is 0 Å². The standard InChI is InChI=1S/C13H11BrF3NO2/c14-8-1-2-9(10(3-8)20-13(15,16)17)11(19)18-12-4-7(5-12)6-12/h1-3,7H,4-6H2,(H,18,19). The van der Waals surface area contributed by atoms with E-state index in [1.807, 2.05) is 0 Å². The third-order valence-electron chi connectivity index (χ3n) is 3.83. The van der Waals surface area contributed by atoms with Gasteiger partial charge in [-0.15, -0.1) is 13.2 Å². The van der Waals surface area contributed by atoms with Gasteiger partial charge in [0.1, 0.15) is 5.75 Å². The molecule has 3 aliphatic rings. The fourth-order valence-electron chi connectivity index (χ4n) is 2.83. The first-order chi connectivity index (χ1) is 9.26. The van der Waals surface area contributed by atoms with Gasteiger partial charge < -0.3 is 10.1 Å². The number of amides is 1. The molecule has 20 heavy (non-hydrogen) atoms. The van der Waals surface area contributed by atoms with Gasteiger partial charge in [0, 0.05) is 10.0 Å². The van der Waals surface area contributed by atoms with Crippen LogP contribution in [0, 0.1) is 5.92 Å². The fourth-order valence-corrected chi connectivity index (χ4v) is 3.17. The zero-order valence-electron chi connectivity index (χ0n) is 10.3. The smallest absolute Gasteiger partial charge is 0.405 e. The summed E-state index contributed by atoms with van der Waals surface area (Å²) in [5.41, 5.74) is -0.292. The Labute approximate surface area is 121 Å². The SMILES string of the molecule is O=C(NC12CC(C1)C2)c1ccc(Br)cc1OC(F)(F)F. The van der Waals surface area contributed by atoms with Gasteiger partial charge in [0.2, 0.25) is 0 Å². The second-order valence-electron chi connectivity index (χ2n) is 5.40. The number of rotatable bonds is 3. The fraction of sp³-hybridized carbons (Fsp3) is 0.462. The minimum atomic E-state index is -4.83. The third-order valence-corrected chi connectivity index (χ3v) is 4.32. The summed E-state index contributed by atoms with van der Waals surface area (Å²) in [5, 5.41) is 2.82. The molecule has 4 rings (SSSR count). The Hall–Kier alpha value is -1.24. The molecule has 0 radical (unpaired) electrons. The molecule has 3 aliphatic carbocycles. The summed E-state index contributed by atoms with van der Waals surface area (Å²) in [6.45, 7) is 0. The number of hydrogen-bond acceptors (Lipinski definition) is 2. The summed E-state index contributed by atoms with van der Waals surface area (Å²) in [7, 11) is 0. The minimum Gasteiger partial charge on any atom is -0.405 e. The number of carbonyl (C=O) groups is 1. The maximum absolute atomic E-state index is 12.4. The van der Waals surface area contributed by atoms with E-state index in [1.54, 1.807) is 0 Å². The van der Waals surface area contributed by atoms with Gasteiger partial charge in [-0.05, 0) is 43.4 Å². The van der Waals surface area contributed by atoms with Crippen LogP contribution in [0.25, 0.3) is 0 Å². The van der Waals surface area contributed by atoms with E-state index in [9.17, 15) is 18.0 Å². The molecule has 1 aromatic carbocycles. The zero-order chi connectivity index (χ0) is 14.5. The molecule has 1 aromatic rings. The Morgan fingerprint density at radius 1 is 1.35 bits per heavy atom. The van der Waals surface area contributed by atoms with Gasteiger partial charge in [0.05, 0.1) is 5.56 Å². The molecule has 108 valence electrons. The lowest BCUT2D eigenvalue weighted by molar-refractivity contribution is -0.274. The van der Waals surface area contributed by atoms with Crippen LogP contribution in [-0.2, 0) is 0 Å². The predicted octanol–water partition coefficient (Wildman–Crippen LogP) is 3.63. The molecule has 0 aliphatic heterocycles. The molecule has 0 spiro atoms. The van der Waals surface area contributed by atoms with Crippen molar-refractivity contribution in [1.29, 1.82) is 0 Å². The maximum atomic E-state index is 12.4. The topological polar surface area (TPSA) is 38.3 Å². The summed E-state index contributed by atoms with van der Waals surface area (Å²) in [4.78, 5) is 12.1. The first kappa shape index (κ1) is 13.7. The first-order valence-corrected chi connectivity index (χ1v) is 6.93. The molecule has 0 aromatic heterocycles. The molecule has 3 fully saturated rings. The average molecular weight is 350 g/mol. The summed E-state index contributed by atoms with van der Waals surface area (Å²) < 4.78 is 41.4. The summed E-state index contributed by atoms with van der Waals surface area (Å²) in [5.74, 6) is -0.336. The molecule has 0 saturated heterocycles. The quantitative estimate of drug-likeness (QED) is 0.904. The molecule has 3 saturated carbocycles. The van der Waals surface area contributed by atoms with Crippen molar-refractivity contribution in [2.24, 2.45) is 5.92 Å². The largest absolute Gasteiger partial charge is 0.573 e. The third kappa shape index (κ3) is 2.51. The van der Waals surface area contributed by atoms with Crippen LogP contribution in [0.3, 0.4) is 0 Å². The number of halogens is 4. The number of hydrogen-bond donors (Lipinski definition) is 1. The van der Waals surface area contributed by atoms with E-state index in [2.05, 4.69) is 26.0 Å². The Morgan fingerprint density at radius 2 is 2.00 bits per heavy atom. The highest BCUT2D eigenvalue weighted by atomic mass is 79.9. The normalized spacial score (nSPS) is 27.3. The van der Waals surface area contributed by atoms with Crippen molar-refractivity contribution < 1.29 is 22.7 Å². The van der Waals surface area contributed by atoms with Crippen molar-refractivity contribution >= 4 is 21.8 Å². The maximum Gasteiger partial charge on any atom is 0.573 e. The van der Waals surface area contributed by atoms with E-state index < -0.39 is 18.0 Å². The Balaban J connectivity index is 1.81. The molecular weight excluding hydrogens is 339 g/mol. The summed E-state index contributed by atoms with van der Waals surface area (Å²) in [6, 6.07) is 3.98. The second-order valence-corrected chi connectivity index (χ2v) is 6.32. The van der Waals surface area contributed by atoms with Crippen molar-refractivity contribution in [3.05, 3.63) is 28.2 Å². The van der Waals surface area contributed by atoms with Crippen molar-refractivity contribution in [2.75, 3.05) is 0 Å². The van der Waals surface area contributed by atoms with Crippen molar-refractivity contribution in [1.82, 2.24) is 5.32 Å². The molecule has 3 nitrogen and oxygen atoms in total. The highest BCUT2D eigenvalue weighted by Crippen LogP contribution is 2.57. The van der Waals surface area contributed by atoms with Gasteiger partial charge in [-0.25, -0.2) is 0 Å². The van der Waals surface area contributed by atoms with Crippen LogP contribution in [0.15, 0.2) is 22.7 Å². The summed E-state index contributed by atoms with van der Waals surface area (Å²) >= 11 is 3.07. The van der Waals surface area contributed by atoms with Crippen LogP contribution in [0.1, 0.15) is 29.6 Å². The van der Waals surface area contributed by atoms with Gasteiger partial charge in [0.25, 0.3) is 5.91 Å². The van der Waals surface area contributed by atoms with E-state index in [0.717, 1.165) is 25.3 Å². The van der Waals surface area contributed by atoms with Gasteiger partial charge in [-0.1, -0.05) is 15.9 Å². The lowest BCUT2D eigenvalue weighted by Crippen LogP contribution is -2.68. The van der Waals surface area contributed by atoms with Crippen LogP contribution >= 0.6 is 15.9 Å². The van der Waals surface area contributed by atoms with E-state index in [-0.39, 0.29) is 11.1 Å². The minimum absolute atomic E-state index is 0.102. The van der Waals surface area contributed by atoms with E-state index in [4.69, 9.17) is 0 Å². The van der Waals surface area contributed by atoms with Gasteiger partial charge in [0.15, 0.2) is 0 Å². The van der Waals surface area contributed by atoms with Crippen molar-refractivity contribution in [3.8, 4) is 5.75 Å². The second kappa shape index (κ2) is 4.38. The van der Waals surface area contributed by atoms with Crippen LogP contribution in [0.5, 0.6) is 5.75 Å². The number of alkyl halides is 3. The number of carbonyl (C=O) groups excluding carboxylic acids is 1. The van der Waals surface area contributed by atoms with E-state index in [0.29, 0.717) is 10.4 Å². The monoisotopic (exact) mass is 349 g/mol. The molecule has 0 atom stereocenters. The lowest BCUT2D eigenvalue weighted by atomic mass is 9.50. The molecule has 7 heteroatoms. The van der Waals surface area contributed by atoms with Gasteiger partial charge >= 0.3 is 6.36 Å². The highest BCUT2D eigenvalue weighted by molar-refractivity contribution is 9.10. The van der Waals surface area contributed by atoms with Crippen LogP contribution in [-0.4, -0.2) is 17.8 Å². The van der Waals surface area contributed by atoms with Gasteiger partial charge in [-0.3, -0.25) is 4.79 Å². The Bertz CT molecular complexity index is 556. The lowest BCUT2D eigenvalue weighted by Gasteiger charge is -2.61. The van der Waals surface area contributed by atoms with Crippen molar-refractivity contribution in [2.45, 2.75) is 31.2 Å². The van der Waals surface area contributed by atoms with Crippen LogP contribution < -0.4 is 10.1 Å². The van der Waals surface area contributed by atoms with Crippen LogP contribution in [0.4, 0.5) is 13.2 Å². The predicted molar refractivity (Wildman–Crippen MR) is 68.4 cm³/mol. The first-order valence-electron chi connectivity index (χ1n) is 6.14. The highest BCUT2D eigenvalue weighted by Gasteiger charge is 2.57. The Kier molecular flexibility index (Phi) is 3.00. The molecular formula is C13H11BrF3NO2. The van der Waals surface area contributed by atoms with E-state index >= 15 is 0 Å². The number of nitrogens with one attached hydrogen (secondary N) is 1. The molecule has 0 heterocycles. The molecule has 2 bridgehead atoms. The van der Waals surface area contributed by atoms with E-state index in [1.165, 1.54) is 12.1 Å². The molecule has 0 unspecified atom stereocenters. The van der Waals surface area contributed by atoms with Crippen molar-refractivity contribution in [3.63, 3.8) is 0 Å². The zero-order valence-corrected chi connectivity index (χ0v) is 11.8. The van der Waals surface area contributed by atoms with Crippen LogP contribution in [0.2, 0.25) is 0 Å². The number of ether oxygens (including phenoxy) is 1. The number of benzene rings is 1. The average Bonchev–Trinajstić information content (AvgIpc) is 2.19.